The quantitative estimate of drug-likeness (QED) is 0.508. The lowest BCUT2D eigenvalue weighted by atomic mass is 9.90. The highest BCUT2D eigenvalue weighted by molar-refractivity contribution is 6.30. The summed E-state index contributed by atoms with van der Waals surface area (Å²) in [5.41, 5.74) is 5.46. The number of aromatic nitrogens is 3. The summed E-state index contributed by atoms with van der Waals surface area (Å²) < 4.78 is 7.45. The smallest absolute Gasteiger partial charge is 0.410 e. The summed E-state index contributed by atoms with van der Waals surface area (Å²) in [6, 6.07) is 9.61. The van der Waals surface area contributed by atoms with E-state index in [0.29, 0.717) is 31.2 Å². The first-order chi connectivity index (χ1) is 18.0. The highest BCUT2D eigenvalue weighted by Gasteiger charge is 2.36. The van der Waals surface area contributed by atoms with Crippen LogP contribution >= 0.6 is 11.6 Å². The fourth-order valence-corrected chi connectivity index (χ4v) is 5.54. The molecule has 1 amide bonds. The number of halogens is 1. The zero-order chi connectivity index (χ0) is 27.2. The molecular weight excluding hydrogens is 502 g/mol. The lowest BCUT2D eigenvalue weighted by Crippen LogP contribution is -2.51. The second-order valence-corrected chi connectivity index (χ2v) is 11.4. The van der Waals surface area contributed by atoms with Crippen molar-refractivity contribution in [3.8, 4) is 0 Å². The minimum Gasteiger partial charge on any atom is -0.444 e. The number of hydrogen-bond donors (Lipinski definition) is 1. The third-order valence-corrected chi connectivity index (χ3v) is 7.36. The molecule has 1 unspecified atom stereocenters. The van der Waals surface area contributed by atoms with Gasteiger partial charge in [-0.3, -0.25) is 9.88 Å². The molecule has 5 rings (SSSR count). The lowest BCUT2D eigenvalue weighted by Gasteiger charge is -2.40. The Bertz CT molecular complexity index is 1370. The van der Waals surface area contributed by atoms with Crippen LogP contribution in [0.15, 0.2) is 42.9 Å². The molecule has 3 heterocycles. The van der Waals surface area contributed by atoms with Gasteiger partial charge in [-0.05, 0) is 74.2 Å². The number of carbonyl (C=O) groups excluding carboxylic acids is 1. The van der Waals surface area contributed by atoms with Crippen molar-refractivity contribution in [3.05, 3.63) is 81.7 Å². The Morgan fingerprint density at radius 2 is 1.89 bits per heavy atom. The molecule has 2 aromatic heterocycles. The van der Waals surface area contributed by atoms with Crippen LogP contribution < -0.4 is 0 Å². The molecule has 1 aliphatic heterocycles. The zero-order valence-corrected chi connectivity index (χ0v) is 23.2. The van der Waals surface area contributed by atoms with Gasteiger partial charge < -0.3 is 19.3 Å². The molecular formula is C29H34ClN5O3. The summed E-state index contributed by atoms with van der Waals surface area (Å²) in [5.74, 6) is 0. The van der Waals surface area contributed by atoms with Crippen molar-refractivity contribution in [2.45, 2.75) is 45.4 Å². The lowest BCUT2D eigenvalue weighted by molar-refractivity contribution is 0.0118. The first-order valence-corrected chi connectivity index (χ1v) is 13.3. The second kappa shape index (κ2) is 10.2. The number of ether oxygens (including phenoxy) is 1. The van der Waals surface area contributed by atoms with Crippen molar-refractivity contribution in [2.75, 3.05) is 26.2 Å². The maximum absolute atomic E-state index is 12.7. The largest absolute Gasteiger partial charge is 0.444 e. The highest BCUT2D eigenvalue weighted by atomic mass is 35.5. The molecule has 0 saturated carbocycles. The van der Waals surface area contributed by atoms with Crippen LogP contribution in [0.4, 0.5) is 4.79 Å². The van der Waals surface area contributed by atoms with E-state index in [2.05, 4.69) is 9.88 Å². The first-order valence-electron chi connectivity index (χ1n) is 12.9. The van der Waals surface area contributed by atoms with Gasteiger partial charge in [0.25, 0.3) is 0 Å². The third kappa shape index (κ3) is 5.08. The first kappa shape index (κ1) is 26.4. The van der Waals surface area contributed by atoms with Gasteiger partial charge in [-0.25, -0.2) is 9.78 Å². The molecule has 38 heavy (non-hydrogen) atoms. The number of pyridine rings is 1. The van der Waals surface area contributed by atoms with Crippen molar-refractivity contribution in [2.24, 2.45) is 7.05 Å². The molecule has 2 aliphatic rings. The third-order valence-electron chi connectivity index (χ3n) is 7.12. The number of aliphatic hydroxyl groups is 1. The standard InChI is InChI=1S/C29H34ClN5O3/c1-18-25(33(5)17-32-18)27(36)23-15-19-7-6-10-31-24(19)26(21-9-8-20(30)16-22(21)23)34-11-13-35(14-12-34)28(37)38-29(2,3)4/h6-10,15-17,26-27,36H,11-14H2,1-5H3/t26-,27?/m0/s1. The van der Waals surface area contributed by atoms with Crippen LogP contribution in [-0.2, 0) is 11.8 Å². The van der Waals surface area contributed by atoms with E-state index >= 15 is 0 Å². The number of aryl methyl sites for hydroxylation is 2. The van der Waals surface area contributed by atoms with E-state index in [1.165, 1.54) is 0 Å². The SMILES string of the molecule is Cc1ncn(C)c1C(O)C1=Cc2cccnc2[C@@H](N2CCN(C(=O)OC(C)(C)C)CC2)c2ccc(Cl)cc21. The summed E-state index contributed by atoms with van der Waals surface area (Å²) in [7, 11) is 1.89. The van der Waals surface area contributed by atoms with Gasteiger partial charge in [-0.15, -0.1) is 0 Å². The molecule has 0 radical (unpaired) electrons. The number of aliphatic hydroxyl groups excluding tert-OH is 1. The molecule has 3 aromatic rings. The van der Waals surface area contributed by atoms with Crippen molar-refractivity contribution < 1.29 is 14.6 Å². The van der Waals surface area contributed by atoms with Crippen LogP contribution in [0, 0.1) is 6.92 Å². The van der Waals surface area contributed by atoms with Crippen molar-refractivity contribution in [1.82, 2.24) is 24.3 Å². The molecule has 8 nitrogen and oxygen atoms in total. The number of nitrogens with zero attached hydrogens (tertiary/aromatic N) is 5. The van der Waals surface area contributed by atoms with Crippen LogP contribution in [0.3, 0.4) is 0 Å². The van der Waals surface area contributed by atoms with Gasteiger partial charge in [0.2, 0.25) is 0 Å². The Hall–Kier alpha value is -3.20. The molecule has 1 aliphatic carbocycles. The molecule has 2 atom stereocenters. The van der Waals surface area contributed by atoms with Gasteiger partial charge in [-0.1, -0.05) is 23.7 Å². The zero-order valence-electron chi connectivity index (χ0n) is 22.5. The fraction of sp³-hybridized carbons (Fsp3) is 0.414. The number of hydrogen-bond acceptors (Lipinski definition) is 6. The van der Waals surface area contributed by atoms with Crippen LogP contribution in [-0.4, -0.2) is 67.3 Å². The van der Waals surface area contributed by atoms with Crippen molar-refractivity contribution in [3.63, 3.8) is 0 Å². The topological polar surface area (TPSA) is 83.7 Å². The summed E-state index contributed by atoms with van der Waals surface area (Å²) in [5, 5.41) is 12.3. The maximum atomic E-state index is 12.7. The van der Waals surface area contributed by atoms with E-state index in [4.69, 9.17) is 21.3 Å². The minimum atomic E-state index is -0.907. The molecule has 0 spiro atoms. The van der Waals surface area contributed by atoms with Crippen LogP contribution in [0.1, 0.15) is 66.7 Å². The molecule has 0 bridgehead atoms. The van der Waals surface area contributed by atoms with Crippen LogP contribution in [0.25, 0.3) is 11.6 Å². The van der Waals surface area contributed by atoms with Crippen LogP contribution in [0.2, 0.25) is 5.02 Å². The van der Waals surface area contributed by atoms with Gasteiger partial charge in [-0.2, -0.15) is 0 Å². The van der Waals surface area contributed by atoms with Crippen molar-refractivity contribution in [1.29, 1.82) is 0 Å². The van der Waals surface area contributed by atoms with Gasteiger partial charge in [0.15, 0.2) is 0 Å². The molecule has 1 aromatic carbocycles. The summed E-state index contributed by atoms with van der Waals surface area (Å²) in [4.78, 5) is 26.0. The minimum absolute atomic E-state index is 0.173. The van der Waals surface area contributed by atoms with Gasteiger partial charge in [0.05, 0.1) is 29.5 Å². The number of imidazole rings is 1. The Morgan fingerprint density at radius 3 is 2.55 bits per heavy atom. The molecule has 200 valence electrons. The maximum Gasteiger partial charge on any atom is 0.410 e. The molecule has 1 N–H and O–H groups in total. The Morgan fingerprint density at radius 1 is 1.16 bits per heavy atom. The summed E-state index contributed by atoms with van der Waals surface area (Å²) >= 11 is 6.53. The Labute approximate surface area is 228 Å². The monoisotopic (exact) mass is 535 g/mol. The van der Waals surface area contributed by atoms with Gasteiger partial charge in [0.1, 0.15) is 11.7 Å². The fourth-order valence-electron chi connectivity index (χ4n) is 5.37. The molecule has 9 heteroatoms. The second-order valence-electron chi connectivity index (χ2n) is 10.9. The molecule has 1 fully saturated rings. The number of amides is 1. The van der Waals surface area contributed by atoms with E-state index < -0.39 is 11.7 Å². The van der Waals surface area contributed by atoms with Gasteiger partial charge in [0, 0.05) is 44.4 Å². The number of rotatable bonds is 3. The Balaban J connectivity index is 1.55. The normalized spacial score (nSPS) is 18.8. The number of carbonyl (C=O) groups is 1. The summed E-state index contributed by atoms with van der Waals surface area (Å²) in [6.45, 7) is 9.94. The van der Waals surface area contributed by atoms with Crippen LogP contribution in [0.5, 0.6) is 0 Å². The predicted molar refractivity (Wildman–Crippen MR) is 148 cm³/mol. The van der Waals surface area contributed by atoms with E-state index in [-0.39, 0.29) is 12.1 Å². The predicted octanol–water partition coefficient (Wildman–Crippen LogP) is 5.01. The van der Waals surface area contributed by atoms with E-state index in [0.717, 1.165) is 39.3 Å². The Kier molecular flexibility index (Phi) is 7.07. The van der Waals surface area contributed by atoms with Crippen molar-refractivity contribution >= 4 is 29.3 Å². The average Bonchev–Trinajstić information content (AvgIpc) is 3.13. The van der Waals surface area contributed by atoms with E-state index in [1.54, 1.807) is 17.4 Å². The van der Waals surface area contributed by atoms with E-state index in [1.807, 2.05) is 75.7 Å². The number of benzene rings is 1. The van der Waals surface area contributed by atoms with E-state index in [9.17, 15) is 9.90 Å². The average molecular weight is 536 g/mol. The number of fused-ring (bicyclic) bond motifs is 2. The highest BCUT2D eigenvalue weighted by Crippen LogP contribution is 2.44. The number of piperazine rings is 1. The molecule has 1 saturated heterocycles. The van der Waals surface area contributed by atoms with Gasteiger partial charge >= 0.3 is 6.09 Å². The summed E-state index contributed by atoms with van der Waals surface area (Å²) in [6.07, 6.45) is 4.34.